The van der Waals surface area contributed by atoms with Crippen molar-refractivity contribution in [2.24, 2.45) is 0 Å². The van der Waals surface area contributed by atoms with Crippen LogP contribution < -0.4 is 21.8 Å². The summed E-state index contributed by atoms with van der Waals surface area (Å²) in [6.07, 6.45) is 1.22. The average molecular weight is 507 g/mol. The van der Waals surface area contributed by atoms with Crippen LogP contribution in [-0.4, -0.2) is 72.7 Å². The first kappa shape index (κ1) is 26.3. The highest BCUT2D eigenvalue weighted by Gasteiger charge is 2.20. The summed E-state index contributed by atoms with van der Waals surface area (Å²) in [5, 5.41) is 5.80. The molecule has 2 amide bonds. The number of ether oxygens (including phenoxy) is 1. The molecule has 0 saturated carbocycles. The van der Waals surface area contributed by atoms with Crippen LogP contribution >= 0.6 is 0 Å². The van der Waals surface area contributed by atoms with Crippen LogP contribution in [0.25, 0.3) is 22.3 Å². The normalized spacial score (nSPS) is 14.0. The van der Waals surface area contributed by atoms with E-state index in [4.69, 9.17) is 15.5 Å². The lowest BCUT2D eigenvalue weighted by Gasteiger charge is -2.26. The number of aryl methyl sites for hydroxylation is 1. The van der Waals surface area contributed by atoms with Crippen LogP contribution in [0.2, 0.25) is 0 Å². The van der Waals surface area contributed by atoms with Crippen LogP contribution in [0, 0.1) is 0 Å². The molecule has 1 aliphatic heterocycles. The number of pyridine rings is 2. The van der Waals surface area contributed by atoms with E-state index in [1.54, 1.807) is 16.7 Å². The molecule has 37 heavy (non-hydrogen) atoms. The third-order valence-electron chi connectivity index (χ3n) is 6.61. The van der Waals surface area contributed by atoms with Gasteiger partial charge in [0, 0.05) is 38.8 Å². The van der Waals surface area contributed by atoms with Crippen molar-refractivity contribution in [3.05, 3.63) is 57.7 Å². The molecule has 1 saturated heterocycles. The maximum Gasteiger partial charge on any atom is 0.258 e. The van der Waals surface area contributed by atoms with Crippen molar-refractivity contribution in [3.8, 4) is 11.3 Å². The molecule has 0 unspecified atom stereocenters. The number of nitrogens with two attached hydrogens (primary N) is 1. The molecule has 10 heteroatoms. The van der Waals surface area contributed by atoms with E-state index in [1.807, 2.05) is 31.2 Å². The van der Waals surface area contributed by atoms with Crippen LogP contribution in [0.5, 0.6) is 0 Å². The number of fused-ring (bicyclic) bond motifs is 1. The second-order valence-corrected chi connectivity index (χ2v) is 9.01. The Labute approximate surface area is 215 Å². The Hall–Kier alpha value is -3.76. The van der Waals surface area contributed by atoms with Crippen LogP contribution in [0.4, 0.5) is 5.82 Å². The van der Waals surface area contributed by atoms with Gasteiger partial charge in [0.1, 0.15) is 17.0 Å². The molecule has 0 radical (unpaired) electrons. The van der Waals surface area contributed by atoms with Gasteiger partial charge in [-0.2, -0.15) is 0 Å². The molecule has 0 aliphatic carbocycles. The number of hydrogen-bond donors (Lipinski definition) is 3. The SMILES string of the molecule is CCn1c(N)c(C(=O)NC)c(=O)c2ccc(-c3ccc(CC(=O)NCCCN4CCOCC4)cc3)nc21. The Balaban J connectivity index is 1.43. The van der Waals surface area contributed by atoms with E-state index in [2.05, 4.69) is 15.5 Å². The molecule has 0 bridgehead atoms. The van der Waals surface area contributed by atoms with E-state index >= 15 is 0 Å². The average Bonchev–Trinajstić information content (AvgIpc) is 2.92. The van der Waals surface area contributed by atoms with E-state index in [0.29, 0.717) is 36.2 Å². The summed E-state index contributed by atoms with van der Waals surface area (Å²) in [7, 11) is 1.46. The van der Waals surface area contributed by atoms with Crippen molar-refractivity contribution in [2.45, 2.75) is 26.3 Å². The molecule has 3 heterocycles. The van der Waals surface area contributed by atoms with Crippen molar-refractivity contribution in [1.29, 1.82) is 0 Å². The molecule has 4 rings (SSSR count). The standard InChI is InChI=1S/C27H34N6O4/c1-3-33-25(28)23(27(36)29-2)24(35)20-9-10-21(31-26(20)33)19-7-5-18(6-8-19)17-22(34)30-11-4-12-32-13-15-37-16-14-32/h5-10H,3-4,11-17,28H2,1-2H3,(H,29,36)(H,30,34). The van der Waals surface area contributed by atoms with Gasteiger partial charge in [0.25, 0.3) is 5.91 Å². The number of aromatic nitrogens is 2. The number of amides is 2. The quantitative estimate of drug-likeness (QED) is 0.374. The van der Waals surface area contributed by atoms with E-state index in [9.17, 15) is 14.4 Å². The molecule has 0 atom stereocenters. The zero-order valence-electron chi connectivity index (χ0n) is 21.4. The van der Waals surface area contributed by atoms with Crippen molar-refractivity contribution >= 4 is 28.7 Å². The molecule has 3 aromatic rings. The van der Waals surface area contributed by atoms with E-state index in [0.717, 1.165) is 50.4 Å². The molecule has 0 spiro atoms. The van der Waals surface area contributed by atoms with Crippen molar-refractivity contribution in [1.82, 2.24) is 25.1 Å². The number of nitrogen functional groups attached to an aromatic ring is 1. The highest BCUT2D eigenvalue weighted by molar-refractivity contribution is 6.01. The van der Waals surface area contributed by atoms with Gasteiger partial charge in [0.2, 0.25) is 11.3 Å². The van der Waals surface area contributed by atoms with Crippen LogP contribution in [0.3, 0.4) is 0 Å². The van der Waals surface area contributed by atoms with Crippen LogP contribution in [0.15, 0.2) is 41.2 Å². The van der Waals surface area contributed by atoms with Gasteiger partial charge in [0.15, 0.2) is 0 Å². The third kappa shape index (κ3) is 5.98. The van der Waals surface area contributed by atoms with Crippen LogP contribution in [-0.2, 0) is 22.5 Å². The summed E-state index contributed by atoms with van der Waals surface area (Å²) in [6.45, 7) is 7.40. The first-order valence-corrected chi connectivity index (χ1v) is 12.6. The summed E-state index contributed by atoms with van der Waals surface area (Å²) in [5.74, 6) is -0.435. The molecule has 1 aromatic carbocycles. The number of nitrogens with zero attached hydrogens (tertiary/aromatic N) is 3. The lowest BCUT2D eigenvalue weighted by Crippen LogP contribution is -2.38. The number of carbonyl (C=O) groups is 2. The molecule has 1 aliphatic rings. The molecular formula is C27H34N6O4. The molecule has 2 aromatic heterocycles. The number of nitrogens with one attached hydrogen (secondary N) is 2. The van der Waals surface area contributed by atoms with Gasteiger partial charge in [-0.3, -0.25) is 19.3 Å². The summed E-state index contributed by atoms with van der Waals surface area (Å²) in [6, 6.07) is 11.1. The number of carbonyl (C=O) groups excluding carboxylic acids is 2. The maximum absolute atomic E-state index is 12.9. The first-order valence-electron chi connectivity index (χ1n) is 12.6. The number of morpholine rings is 1. The second kappa shape index (κ2) is 12.0. The third-order valence-corrected chi connectivity index (χ3v) is 6.61. The van der Waals surface area contributed by atoms with Crippen molar-refractivity contribution in [3.63, 3.8) is 0 Å². The minimum atomic E-state index is -0.521. The van der Waals surface area contributed by atoms with Crippen molar-refractivity contribution in [2.75, 3.05) is 52.2 Å². The number of anilines is 1. The topological polar surface area (TPSA) is 132 Å². The second-order valence-electron chi connectivity index (χ2n) is 9.01. The Morgan fingerprint density at radius 1 is 1.11 bits per heavy atom. The van der Waals surface area contributed by atoms with Gasteiger partial charge in [0.05, 0.1) is 30.7 Å². The van der Waals surface area contributed by atoms with Gasteiger partial charge in [-0.1, -0.05) is 24.3 Å². The highest BCUT2D eigenvalue weighted by atomic mass is 16.5. The number of hydrogen-bond acceptors (Lipinski definition) is 7. The molecule has 4 N–H and O–H groups in total. The number of benzene rings is 1. The van der Waals surface area contributed by atoms with Gasteiger partial charge < -0.3 is 25.7 Å². The Kier molecular flexibility index (Phi) is 8.52. The smallest absolute Gasteiger partial charge is 0.258 e. The summed E-state index contributed by atoms with van der Waals surface area (Å²) in [4.78, 5) is 44.6. The predicted molar refractivity (Wildman–Crippen MR) is 144 cm³/mol. The van der Waals surface area contributed by atoms with E-state index in [-0.39, 0.29) is 17.3 Å². The Bertz CT molecular complexity index is 1330. The van der Waals surface area contributed by atoms with Gasteiger partial charge in [-0.15, -0.1) is 0 Å². The van der Waals surface area contributed by atoms with Gasteiger partial charge >= 0.3 is 0 Å². The Morgan fingerprint density at radius 2 is 1.84 bits per heavy atom. The molecule has 10 nitrogen and oxygen atoms in total. The first-order chi connectivity index (χ1) is 17.9. The molecule has 1 fully saturated rings. The highest BCUT2D eigenvalue weighted by Crippen LogP contribution is 2.23. The predicted octanol–water partition coefficient (Wildman–Crippen LogP) is 1.41. The largest absolute Gasteiger partial charge is 0.384 e. The fourth-order valence-corrected chi connectivity index (χ4v) is 4.55. The summed E-state index contributed by atoms with van der Waals surface area (Å²) < 4.78 is 7.02. The Morgan fingerprint density at radius 3 is 2.51 bits per heavy atom. The lowest BCUT2D eigenvalue weighted by molar-refractivity contribution is -0.120. The van der Waals surface area contributed by atoms with E-state index < -0.39 is 11.3 Å². The van der Waals surface area contributed by atoms with E-state index in [1.165, 1.54) is 7.05 Å². The maximum atomic E-state index is 12.9. The summed E-state index contributed by atoms with van der Waals surface area (Å²) in [5.41, 5.74) is 8.52. The monoisotopic (exact) mass is 506 g/mol. The van der Waals surface area contributed by atoms with Crippen LogP contribution in [0.1, 0.15) is 29.3 Å². The fraction of sp³-hybridized carbons (Fsp3) is 0.407. The van der Waals surface area contributed by atoms with Gasteiger partial charge in [-0.05, 0) is 37.6 Å². The zero-order valence-corrected chi connectivity index (χ0v) is 21.4. The minimum Gasteiger partial charge on any atom is -0.384 e. The summed E-state index contributed by atoms with van der Waals surface area (Å²) >= 11 is 0. The molecular weight excluding hydrogens is 472 g/mol. The molecule has 196 valence electrons. The minimum absolute atomic E-state index is 0.00656. The van der Waals surface area contributed by atoms with Gasteiger partial charge in [-0.25, -0.2) is 4.98 Å². The zero-order chi connectivity index (χ0) is 26.4. The number of rotatable bonds is 9. The fourth-order valence-electron chi connectivity index (χ4n) is 4.55. The lowest BCUT2D eigenvalue weighted by atomic mass is 10.1. The van der Waals surface area contributed by atoms with Crippen molar-refractivity contribution < 1.29 is 14.3 Å².